The minimum Gasteiger partial charge on any atom is -0.381 e. The molecule has 0 saturated heterocycles. The summed E-state index contributed by atoms with van der Waals surface area (Å²) < 4.78 is 30.0. The zero-order valence-corrected chi connectivity index (χ0v) is 12.5. The summed E-state index contributed by atoms with van der Waals surface area (Å²) >= 11 is 0. The number of rotatable bonds is 5. The Morgan fingerprint density at radius 3 is 2.60 bits per heavy atom. The summed E-state index contributed by atoms with van der Waals surface area (Å²) in [5.74, 6) is 0.00688. The first-order valence-corrected chi connectivity index (χ1v) is 7.57. The molecule has 2 aromatic heterocycles. The Labute approximate surface area is 117 Å². The summed E-state index contributed by atoms with van der Waals surface area (Å²) in [6, 6.07) is 0. The Morgan fingerprint density at radius 1 is 1.40 bits per heavy atom. The zero-order chi connectivity index (χ0) is 14.9. The lowest BCUT2D eigenvalue weighted by molar-refractivity contribution is 0.560. The molecule has 20 heavy (non-hydrogen) atoms. The van der Waals surface area contributed by atoms with Gasteiger partial charge in [-0.15, -0.1) is 0 Å². The van der Waals surface area contributed by atoms with Gasteiger partial charge in [-0.1, -0.05) is 0 Å². The number of anilines is 1. The lowest BCUT2D eigenvalue weighted by atomic mass is 10.4. The highest BCUT2D eigenvalue weighted by Gasteiger charge is 2.24. The van der Waals surface area contributed by atoms with Crippen LogP contribution in [0.5, 0.6) is 0 Å². The average Bonchev–Trinajstić information content (AvgIpc) is 2.84. The third kappa shape index (κ3) is 2.83. The predicted octanol–water partition coefficient (Wildman–Crippen LogP) is -0.206. The van der Waals surface area contributed by atoms with Crippen molar-refractivity contribution in [1.29, 1.82) is 0 Å². The van der Waals surface area contributed by atoms with Crippen LogP contribution < -0.4 is 10.5 Å². The second-order valence-electron chi connectivity index (χ2n) is 4.60. The second-order valence-corrected chi connectivity index (χ2v) is 6.31. The number of nitrogens with zero attached hydrogens (tertiary/aromatic N) is 4. The first-order valence-electron chi connectivity index (χ1n) is 6.09. The molecule has 0 fully saturated rings. The molecule has 0 bridgehead atoms. The topological polar surface area (TPSA) is 108 Å². The fraction of sp³-hybridized carbons (Fsp3) is 0.455. The van der Waals surface area contributed by atoms with E-state index in [1.165, 1.54) is 4.68 Å². The van der Waals surface area contributed by atoms with Gasteiger partial charge >= 0.3 is 0 Å². The fourth-order valence-electron chi connectivity index (χ4n) is 1.90. The van der Waals surface area contributed by atoms with Gasteiger partial charge in [0.15, 0.2) is 5.82 Å². The summed E-state index contributed by atoms with van der Waals surface area (Å²) in [7, 11) is -2.01. The van der Waals surface area contributed by atoms with E-state index in [0.29, 0.717) is 12.2 Å². The van der Waals surface area contributed by atoms with Crippen molar-refractivity contribution in [2.24, 2.45) is 7.05 Å². The van der Waals surface area contributed by atoms with Crippen LogP contribution in [0.2, 0.25) is 0 Å². The average molecular weight is 298 g/mol. The van der Waals surface area contributed by atoms with Crippen LogP contribution in [-0.4, -0.2) is 34.5 Å². The molecule has 8 nitrogen and oxygen atoms in total. The van der Waals surface area contributed by atoms with Crippen LogP contribution in [0.4, 0.5) is 5.82 Å². The predicted molar refractivity (Wildman–Crippen MR) is 74.5 cm³/mol. The van der Waals surface area contributed by atoms with Crippen molar-refractivity contribution in [1.82, 2.24) is 24.3 Å². The molecule has 2 aromatic rings. The number of sulfonamides is 1. The second kappa shape index (κ2) is 5.25. The number of nitrogens with one attached hydrogen (secondary N) is 1. The minimum atomic E-state index is -3.66. The molecule has 0 saturated carbocycles. The third-order valence-electron chi connectivity index (χ3n) is 2.97. The molecule has 0 amide bonds. The van der Waals surface area contributed by atoms with Gasteiger partial charge in [0.25, 0.3) is 0 Å². The van der Waals surface area contributed by atoms with E-state index < -0.39 is 10.0 Å². The van der Waals surface area contributed by atoms with E-state index >= 15 is 0 Å². The van der Waals surface area contributed by atoms with Crippen LogP contribution in [-0.2, 0) is 23.6 Å². The summed E-state index contributed by atoms with van der Waals surface area (Å²) in [5.41, 5.74) is 7.18. The highest BCUT2D eigenvalue weighted by molar-refractivity contribution is 7.89. The zero-order valence-electron chi connectivity index (χ0n) is 11.7. The Morgan fingerprint density at radius 2 is 2.10 bits per heavy atom. The van der Waals surface area contributed by atoms with Gasteiger partial charge in [0, 0.05) is 19.8 Å². The third-order valence-corrected chi connectivity index (χ3v) is 4.59. The normalized spacial score (nSPS) is 11.9. The molecular formula is C11H18N6O2S. The van der Waals surface area contributed by atoms with Crippen molar-refractivity contribution in [2.45, 2.75) is 25.3 Å². The monoisotopic (exact) mass is 298 g/mol. The summed E-state index contributed by atoms with van der Waals surface area (Å²) in [4.78, 5) is 0.0386. The molecule has 0 atom stereocenters. The molecule has 0 spiro atoms. The van der Waals surface area contributed by atoms with E-state index in [1.54, 1.807) is 24.9 Å². The summed E-state index contributed by atoms with van der Waals surface area (Å²) in [6.45, 7) is 4.27. The van der Waals surface area contributed by atoms with E-state index in [1.807, 2.05) is 13.1 Å². The molecule has 0 aliphatic carbocycles. The SMILES string of the molecule is Cc1cnn(CCNS(=O)(=O)c2c(N)nn(C)c2C)c1. The Hall–Kier alpha value is -1.87. The Bertz CT molecular complexity index is 715. The van der Waals surface area contributed by atoms with E-state index in [2.05, 4.69) is 14.9 Å². The maximum Gasteiger partial charge on any atom is 0.246 e. The van der Waals surface area contributed by atoms with Crippen molar-refractivity contribution in [3.63, 3.8) is 0 Å². The van der Waals surface area contributed by atoms with Gasteiger partial charge in [-0.2, -0.15) is 10.2 Å². The van der Waals surface area contributed by atoms with E-state index in [-0.39, 0.29) is 17.3 Å². The van der Waals surface area contributed by atoms with E-state index in [9.17, 15) is 8.42 Å². The van der Waals surface area contributed by atoms with Crippen LogP contribution in [0.1, 0.15) is 11.3 Å². The number of nitrogen functional groups attached to an aromatic ring is 1. The van der Waals surface area contributed by atoms with Crippen LogP contribution in [0.3, 0.4) is 0 Å². The molecule has 2 rings (SSSR count). The highest BCUT2D eigenvalue weighted by Crippen LogP contribution is 2.20. The Kier molecular flexibility index (Phi) is 3.82. The fourth-order valence-corrected chi connectivity index (χ4v) is 3.24. The molecule has 0 aliphatic heterocycles. The standard InChI is InChI=1S/C11H18N6O2S/c1-8-6-13-17(7-8)5-4-14-20(18,19)10-9(2)16(3)15-11(10)12/h6-7,14H,4-5H2,1-3H3,(H2,12,15). The van der Waals surface area contributed by atoms with Gasteiger partial charge in [-0.05, 0) is 19.4 Å². The van der Waals surface area contributed by atoms with Gasteiger partial charge in [0.1, 0.15) is 4.90 Å². The first kappa shape index (κ1) is 14.5. The minimum absolute atomic E-state index is 0.00688. The lowest BCUT2D eigenvalue weighted by Crippen LogP contribution is -2.28. The molecule has 3 N–H and O–H groups in total. The van der Waals surface area contributed by atoms with E-state index in [0.717, 1.165) is 5.56 Å². The number of nitrogens with two attached hydrogens (primary N) is 1. The first-order chi connectivity index (χ1) is 9.31. The van der Waals surface area contributed by atoms with Gasteiger partial charge in [0.05, 0.1) is 18.4 Å². The smallest absolute Gasteiger partial charge is 0.246 e. The summed E-state index contributed by atoms with van der Waals surface area (Å²) in [5, 5.41) is 7.99. The number of aryl methyl sites for hydroxylation is 2. The van der Waals surface area contributed by atoms with Crippen molar-refractivity contribution < 1.29 is 8.42 Å². The van der Waals surface area contributed by atoms with Gasteiger partial charge < -0.3 is 5.73 Å². The van der Waals surface area contributed by atoms with Gasteiger partial charge in [-0.3, -0.25) is 9.36 Å². The van der Waals surface area contributed by atoms with Crippen molar-refractivity contribution in [3.05, 3.63) is 23.7 Å². The molecule has 110 valence electrons. The van der Waals surface area contributed by atoms with Crippen molar-refractivity contribution in [3.8, 4) is 0 Å². The maximum atomic E-state index is 12.2. The molecule has 9 heteroatoms. The van der Waals surface area contributed by atoms with Crippen molar-refractivity contribution in [2.75, 3.05) is 12.3 Å². The maximum absolute atomic E-state index is 12.2. The number of aromatic nitrogens is 4. The van der Waals surface area contributed by atoms with Crippen molar-refractivity contribution >= 4 is 15.8 Å². The number of hydrogen-bond acceptors (Lipinski definition) is 5. The summed E-state index contributed by atoms with van der Waals surface area (Å²) in [6.07, 6.45) is 3.57. The van der Waals surface area contributed by atoms with Crippen LogP contribution in [0.15, 0.2) is 17.3 Å². The number of hydrogen-bond donors (Lipinski definition) is 2. The molecule has 0 aliphatic rings. The van der Waals surface area contributed by atoms with Gasteiger partial charge in [0.2, 0.25) is 10.0 Å². The van der Waals surface area contributed by atoms with Crippen LogP contribution in [0, 0.1) is 13.8 Å². The quantitative estimate of drug-likeness (QED) is 0.794. The molecule has 0 unspecified atom stereocenters. The molecule has 2 heterocycles. The molecule has 0 radical (unpaired) electrons. The molecule has 0 aromatic carbocycles. The van der Waals surface area contributed by atoms with Crippen LogP contribution in [0.25, 0.3) is 0 Å². The molecular weight excluding hydrogens is 280 g/mol. The van der Waals surface area contributed by atoms with Crippen LogP contribution >= 0.6 is 0 Å². The lowest BCUT2D eigenvalue weighted by Gasteiger charge is -2.07. The highest BCUT2D eigenvalue weighted by atomic mass is 32.2. The van der Waals surface area contributed by atoms with Gasteiger partial charge in [-0.25, -0.2) is 13.1 Å². The Balaban J connectivity index is 2.08. The largest absolute Gasteiger partial charge is 0.381 e. The van der Waals surface area contributed by atoms with E-state index in [4.69, 9.17) is 5.73 Å².